The fraction of sp³-hybridized carbons (Fsp3) is 0.333. The molecule has 13 heavy (non-hydrogen) atoms. The molecular formula is C12H15N. The number of aromatic nitrogens is 1. The highest BCUT2D eigenvalue weighted by atomic mass is 14.7. The highest BCUT2D eigenvalue weighted by molar-refractivity contribution is 5.88. The molecule has 1 nitrogen and oxygen atoms in total. The van der Waals surface area contributed by atoms with Crippen molar-refractivity contribution in [2.75, 3.05) is 0 Å². The number of fused-ring (bicyclic) bond motifs is 1. The highest BCUT2D eigenvalue weighted by Gasteiger charge is 2.05. The molecule has 0 spiro atoms. The van der Waals surface area contributed by atoms with Crippen LogP contribution in [0.2, 0.25) is 0 Å². The van der Waals surface area contributed by atoms with E-state index in [2.05, 4.69) is 44.1 Å². The van der Waals surface area contributed by atoms with Crippen molar-refractivity contribution in [2.24, 2.45) is 0 Å². The van der Waals surface area contributed by atoms with Crippen molar-refractivity contribution in [1.29, 1.82) is 0 Å². The summed E-state index contributed by atoms with van der Waals surface area (Å²) in [5, 5.41) is 1.42. The van der Waals surface area contributed by atoms with Crippen molar-refractivity contribution < 1.29 is 0 Å². The van der Waals surface area contributed by atoms with E-state index in [1.807, 2.05) is 0 Å². The molecule has 1 aromatic heterocycles. The summed E-state index contributed by atoms with van der Waals surface area (Å²) in [6, 6.07) is 4.37. The Labute approximate surface area is 78.8 Å². The average molecular weight is 173 g/mol. The molecule has 2 rings (SSSR count). The first-order chi connectivity index (χ1) is 6.24. The van der Waals surface area contributed by atoms with Gasteiger partial charge in [0.05, 0.1) is 0 Å². The van der Waals surface area contributed by atoms with Gasteiger partial charge < -0.3 is 4.98 Å². The largest absolute Gasteiger partial charge is 0.361 e. The number of hydrogen-bond donors (Lipinski definition) is 1. The number of benzene rings is 1. The van der Waals surface area contributed by atoms with Gasteiger partial charge in [-0.25, -0.2) is 0 Å². The second-order valence-electron chi connectivity index (χ2n) is 3.62. The molecule has 0 aliphatic rings. The summed E-state index contributed by atoms with van der Waals surface area (Å²) in [6.07, 6.45) is 3.23. The fourth-order valence-electron chi connectivity index (χ4n) is 1.92. The molecule has 0 amide bonds. The van der Waals surface area contributed by atoms with Gasteiger partial charge in [0, 0.05) is 17.1 Å². The van der Waals surface area contributed by atoms with Crippen LogP contribution >= 0.6 is 0 Å². The number of aromatic amines is 1. The maximum atomic E-state index is 3.35. The molecule has 2 aromatic rings. The first-order valence-corrected chi connectivity index (χ1v) is 4.80. The predicted molar refractivity (Wildman–Crippen MR) is 57.2 cm³/mol. The van der Waals surface area contributed by atoms with Crippen LogP contribution in [0, 0.1) is 13.8 Å². The second-order valence-corrected chi connectivity index (χ2v) is 3.62. The molecule has 0 saturated heterocycles. The maximum absolute atomic E-state index is 3.35. The van der Waals surface area contributed by atoms with E-state index in [-0.39, 0.29) is 0 Å². The molecule has 1 N–H and O–H groups in total. The lowest BCUT2D eigenvalue weighted by Crippen LogP contribution is -1.82. The number of rotatable bonds is 1. The summed E-state index contributed by atoms with van der Waals surface area (Å²) >= 11 is 0. The quantitative estimate of drug-likeness (QED) is 0.680. The van der Waals surface area contributed by atoms with Crippen molar-refractivity contribution in [3.63, 3.8) is 0 Å². The van der Waals surface area contributed by atoms with Crippen LogP contribution in [-0.2, 0) is 6.42 Å². The van der Waals surface area contributed by atoms with Crippen molar-refractivity contribution in [2.45, 2.75) is 27.2 Å². The van der Waals surface area contributed by atoms with Crippen LogP contribution in [0.15, 0.2) is 18.3 Å². The van der Waals surface area contributed by atoms with Gasteiger partial charge in [0.1, 0.15) is 0 Å². The number of hydrogen-bond acceptors (Lipinski definition) is 0. The van der Waals surface area contributed by atoms with E-state index in [9.17, 15) is 0 Å². The zero-order valence-electron chi connectivity index (χ0n) is 8.44. The smallest absolute Gasteiger partial charge is 0.0489 e. The summed E-state index contributed by atoms with van der Waals surface area (Å²) in [6.45, 7) is 6.52. The standard InChI is InChI=1S/C12H15N/c1-4-10-7-13-12-9(3)6-5-8(2)11(10)12/h5-7,13H,4H2,1-3H3. The van der Waals surface area contributed by atoms with Crippen molar-refractivity contribution in [1.82, 2.24) is 4.98 Å². The third-order valence-electron chi connectivity index (χ3n) is 2.71. The Kier molecular flexibility index (Phi) is 1.87. The molecule has 0 unspecified atom stereocenters. The Morgan fingerprint density at radius 3 is 2.54 bits per heavy atom. The third kappa shape index (κ3) is 1.15. The van der Waals surface area contributed by atoms with Crippen LogP contribution in [-0.4, -0.2) is 4.98 Å². The Morgan fingerprint density at radius 2 is 1.85 bits per heavy atom. The Hall–Kier alpha value is -1.24. The average Bonchev–Trinajstić information content (AvgIpc) is 2.56. The Bertz CT molecular complexity index is 438. The second kappa shape index (κ2) is 2.91. The van der Waals surface area contributed by atoms with Crippen LogP contribution in [0.4, 0.5) is 0 Å². The third-order valence-corrected chi connectivity index (χ3v) is 2.71. The Morgan fingerprint density at radius 1 is 1.15 bits per heavy atom. The topological polar surface area (TPSA) is 15.8 Å². The summed E-state index contributed by atoms with van der Waals surface area (Å²) < 4.78 is 0. The molecule has 0 bridgehead atoms. The zero-order chi connectivity index (χ0) is 9.42. The molecule has 1 aromatic carbocycles. The van der Waals surface area contributed by atoms with Gasteiger partial charge in [-0.2, -0.15) is 0 Å². The monoisotopic (exact) mass is 173 g/mol. The van der Waals surface area contributed by atoms with Crippen LogP contribution in [0.1, 0.15) is 23.6 Å². The molecule has 68 valence electrons. The lowest BCUT2D eigenvalue weighted by Gasteiger charge is -2.01. The molecule has 0 aliphatic carbocycles. The van der Waals surface area contributed by atoms with E-state index in [1.165, 1.54) is 27.6 Å². The number of aryl methyl sites for hydroxylation is 3. The lowest BCUT2D eigenvalue weighted by molar-refractivity contribution is 1.15. The van der Waals surface area contributed by atoms with Gasteiger partial charge >= 0.3 is 0 Å². The highest BCUT2D eigenvalue weighted by Crippen LogP contribution is 2.25. The van der Waals surface area contributed by atoms with Crippen LogP contribution in [0.5, 0.6) is 0 Å². The van der Waals surface area contributed by atoms with E-state index in [0.29, 0.717) is 0 Å². The molecule has 1 heterocycles. The van der Waals surface area contributed by atoms with Crippen LogP contribution < -0.4 is 0 Å². The van der Waals surface area contributed by atoms with E-state index in [4.69, 9.17) is 0 Å². The summed E-state index contributed by atoms with van der Waals surface area (Å²) in [5.41, 5.74) is 5.44. The van der Waals surface area contributed by atoms with Gasteiger partial charge in [-0.05, 0) is 37.0 Å². The van der Waals surface area contributed by atoms with Gasteiger partial charge in [-0.15, -0.1) is 0 Å². The zero-order valence-corrected chi connectivity index (χ0v) is 8.44. The summed E-state index contributed by atoms with van der Waals surface area (Å²) in [5.74, 6) is 0. The minimum Gasteiger partial charge on any atom is -0.361 e. The molecule has 1 heteroatoms. The van der Waals surface area contributed by atoms with Crippen LogP contribution in [0.3, 0.4) is 0 Å². The van der Waals surface area contributed by atoms with E-state index in [1.54, 1.807) is 0 Å². The molecule has 0 saturated carbocycles. The van der Waals surface area contributed by atoms with E-state index in [0.717, 1.165) is 6.42 Å². The van der Waals surface area contributed by atoms with Crippen molar-refractivity contribution in [3.8, 4) is 0 Å². The molecule has 0 fully saturated rings. The van der Waals surface area contributed by atoms with Gasteiger partial charge in [0.25, 0.3) is 0 Å². The van der Waals surface area contributed by atoms with Gasteiger partial charge in [-0.3, -0.25) is 0 Å². The molecule has 0 atom stereocenters. The normalized spacial score (nSPS) is 11.0. The fourth-order valence-corrected chi connectivity index (χ4v) is 1.92. The first kappa shape index (κ1) is 8.36. The molecular weight excluding hydrogens is 158 g/mol. The van der Waals surface area contributed by atoms with Crippen LogP contribution in [0.25, 0.3) is 10.9 Å². The van der Waals surface area contributed by atoms with E-state index < -0.39 is 0 Å². The first-order valence-electron chi connectivity index (χ1n) is 4.80. The van der Waals surface area contributed by atoms with Gasteiger partial charge in [-0.1, -0.05) is 19.1 Å². The number of H-pyrrole nitrogens is 1. The van der Waals surface area contributed by atoms with Crippen molar-refractivity contribution >= 4 is 10.9 Å². The minimum atomic E-state index is 1.10. The van der Waals surface area contributed by atoms with E-state index >= 15 is 0 Å². The molecule has 0 radical (unpaired) electrons. The Balaban J connectivity index is 2.87. The SMILES string of the molecule is CCc1c[nH]c2c(C)ccc(C)c12. The molecule has 0 aliphatic heterocycles. The predicted octanol–water partition coefficient (Wildman–Crippen LogP) is 3.35. The van der Waals surface area contributed by atoms with Crippen molar-refractivity contribution in [3.05, 3.63) is 35.0 Å². The van der Waals surface area contributed by atoms with Gasteiger partial charge in [0.2, 0.25) is 0 Å². The van der Waals surface area contributed by atoms with Gasteiger partial charge in [0.15, 0.2) is 0 Å². The summed E-state index contributed by atoms with van der Waals surface area (Å²) in [7, 11) is 0. The lowest BCUT2D eigenvalue weighted by atomic mass is 10.0. The summed E-state index contributed by atoms with van der Waals surface area (Å²) in [4.78, 5) is 3.35. The maximum Gasteiger partial charge on any atom is 0.0489 e. The minimum absolute atomic E-state index is 1.10. The number of nitrogens with one attached hydrogen (secondary N) is 1.